The van der Waals surface area contributed by atoms with Crippen LogP contribution in [-0.2, 0) is 0 Å². The predicted octanol–water partition coefficient (Wildman–Crippen LogP) is 4.11. The van der Waals surface area contributed by atoms with Crippen LogP contribution in [-0.4, -0.2) is 50.1 Å². The molecule has 23 heavy (non-hydrogen) atoms. The molecule has 2 N–H and O–H groups in total. The Morgan fingerprint density at radius 2 is 1.74 bits per heavy atom. The highest BCUT2D eigenvalue weighted by molar-refractivity contribution is 14.0. The zero-order chi connectivity index (χ0) is 17.0. The van der Waals surface area contributed by atoms with E-state index in [1.807, 2.05) is 7.05 Å². The Bertz CT molecular complexity index is 296. The Morgan fingerprint density at radius 3 is 2.22 bits per heavy atom. The number of nitrogens with zero attached hydrogens (tertiary/aromatic N) is 2. The molecule has 0 rings (SSSR count). The van der Waals surface area contributed by atoms with Crippen LogP contribution in [0.25, 0.3) is 0 Å². The van der Waals surface area contributed by atoms with E-state index in [9.17, 15) is 0 Å². The Morgan fingerprint density at radius 1 is 1.13 bits per heavy atom. The lowest BCUT2D eigenvalue weighted by Gasteiger charge is -2.23. The third-order valence-corrected chi connectivity index (χ3v) is 4.02. The van der Waals surface area contributed by atoms with Crippen molar-refractivity contribution in [3.63, 3.8) is 0 Å². The number of aliphatic imine (C=N–C) groups is 1. The molecule has 0 saturated heterocycles. The van der Waals surface area contributed by atoms with Gasteiger partial charge < -0.3 is 15.5 Å². The van der Waals surface area contributed by atoms with Crippen molar-refractivity contribution in [3.05, 3.63) is 0 Å². The topological polar surface area (TPSA) is 39.7 Å². The summed E-state index contributed by atoms with van der Waals surface area (Å²) in [7, 11) is 1.85. The first kappa shape index (κ1) is 25.2. The quantitative estimate of drug-likeness (QED) is 0.233. The molecule has 0 amide bonds. The van der Waals surface area contributed by atoms with Crippen molar-refractivity contribution in [1.29, 1.82) is 0 Å². The van der Waals surface area contributed by atoms with E-state index < -0.39 is 0 Å². The average molecular weight is 440 g/mol. The molecular formula is C18H41IN4. The fraction of sp³-hybridized carbons (Fsp3) is 0.944. The molecule has 0 spiro atoms. The summed E-state index contributed by atoms with van der Waals surface area (Å²) in [6.45, 7) is 18.1. The van der Waals surface area contributed by atoms with Gasteiger partial charge in [0.05, 0.1) is 0 Å². The monoisotopic (exact) mass is 440 g/mol. The summed E-state index contributed by atoms with van der Waals surface area (Å²) in [4.78, 5) is 6.80. The minimum Gasteiger partial charge on any atom is -0.356 e. The number of hydrogen-bond donors (Lipinski definition) is 2. The second kappa shape index (κ2) is 14.3. The molecule has 0 aromatic rings. The van der Waals surface area contributed by atoms with Gasteiger partial charge in [-0.15, -0.1) is 24.0 Å². The number of guanidine groups is 1. The fourth-order valence-corrected chi connectivity index (χ4v) is 2.36. The van der Waals surface area contributed by atoms with E-state index in [-0.39, 0.29) is 24.0 Å². The first-order valence-electron chi connectivity index (χ1n) is 9.02. The van der Waals surface area contributed by atoms with Crippen molar-refractivity contribution < 1.29 is 0 Å². The first-order chi connectivity index (χ1) is 10.3. The van der Waals surface area contributed by atoms with E-state index in [4.69, 9.17) is 0 Å². The summed E-state index contributed by atoms with van der Waals surface area (Å²) >= 11 is 0. The molecule has 0 aliphatic rings. The molecule has 0 aromatic heterocycles. The molecule has 5 heteroatoms. The van der Waals surface area contributed by atoms with Crippen LogP contribution in [0.4, 0.5) is 0 Å². The van der Waals surface area contributed by atoms with Crippen molar-refractivity contribution in [2.24, 2.45) is 10.4 Å². The molecule has 0 aromatic carbocycles. The van der Waals surface area contributed by atoms with Crippen molar-refractivity contribution in [3.8, 4) is 0 Å². The van der Waals surface area contributed by atoms with Gasteiger partial charge in [-0.1, -0.05) is 34.6 Å². The van der Waals surface area contributed by atoms with Gasteiger partial charge in [-0.2, -0.15) is 0 Å². The van der Waals surface area contributed by atoms with E-state index in [2.05, 4.69) is 62.1 Å². The maximum Gasteiger partial charge on any atom is 0.191 e. The Labute approximate surface area is 162 Å². The molecule has 0 aliphatic heterocycles. The largest absolute Gasteiger partial charge is 0.356 e. The number of halogens is 1. The molecule has 1 unspecified atom stereocenters. The van der Waals surface area contributed by atoms with Gasteiger partial charge in [-0.3, -0.25) is 4.99 Å². The van der Waals surface area contributed by atoms with Crippen LogP contribution in [0.1, 0.15) is 67.2 Å². The molecule has 0 fully saturated rings. The van der Waals surface area contributed by atoms with E-state index in [0.717, 1.165) is 25.6 Å². The Kier molecular flexibility index (Phi) is 15.7. The van der Waals surface area contributed by atoms with E-state index in [1.54, 1.807) is 0 Å². The highest BCUT2D eigenvalue weighted by atomic mass is 127. The molecule has 1 atom stereocenters. The van der Waals surface area contributed by atoms with Crippen LogP contribution < -0.4 is 10.6 Å². The number of nitrogens with one attached hydrogen (secondary N) is 2. The predicted molar refractivity (Wildman–Crippen MR) is 115 cm³/mol. The SMILES string of the molecule is CCN(CC)CCCCNC(=NC)NC(C)CCC(C)(C)C.I. The number of unbranched alkanes of at least 4 members (excludes halogenated alkanes) is 1. The fourth-order valence-electron chi connectivity index (χ4n) is 2.36. The van der Waals surface area contributed by atoms with E-state index in [1.165, 1.54) is 32.2 Å². The van der Waals surface area contributed by atoms with Crippen molar-refractivity contribution in [2.45, 2.75) is 73.3 Å². The number of hydrogen-bond acceptors (Lipinski definition) is 2. The molecule has 0 aliphatic carbocycles. The summed E-state index contributed by atoms with van der Waals surface area (Å²) in [5.41, 5.74) is 0.400. The summed E-state index contributed by atoms with van der Waals surface area (Å²) < 4.78 is 0. The average Bonchev–Trinajstić information content (AvgIpc) is 2.47. The first-order valence-corrected chi connectivity index (χ1v) is 9.02. The third kappa shape index (κ3) is 15.2. The molecule has 0 heterocycles. The van der Waals surface area contributed by atoms with Gasteiger partial charge >= 0.3 is 0 Å². The Balaban J connectivity index is 0. The third-order valence-electron chi connectivity index (χ3n) is 4.02. The van der Waals surface area contributed by atoms with E-state index in [0.29, 0.717) is 11.5 Å². The van der Waals surface area contributed by atoms with Crippen LogP contribution in [0.5, 0.6) is 0 Å². The van der Waals surface area contributed by atoms with Crippen molar-refractivity contribution >= 4 is 29.9 Å². The molecule has 4 nitrogen and oxygen atoms in total. The van der Waals surface area contributed by atoms with Crippen molar-refractivity contribution in [2.75, 3.05) is 33.2 Å². The maximum absolute atomic E-state index is 4.32. The Hall–Kier alpha value is -0.0400. The minimum atomic E-state index is 0. The summed E-state index contributed by atoms with van der Waals surface area (Å²) in [6, 6.07) is 0.459. The molecular weight excluding hydrogens is 399 g/mol. The zero-order valence-corrected chi connectivity index (χ0v) is 18.9. The second-order valence-electron chi connectivity index (χ2n) is 7.38. The second-order valence-corrected chi connectivity index (χ2v) is 7.38. The smallest absolute Gasteiger partial charge is 0.191 e. The zero-order valence-electron chi connectivity index (χ0n) is 16.5. The summed E-state index contributed by atoms with van der Waals surface area (Å²) in [6.07, 6.45) is 4.83. The lowest BCUT2D eigenvalue weighted by Crippen LogP contribution is -2.42. The maximum atomic E-state index is 4.32. The number of rotatable bonds is 10. The minimum absolute atomic E-state index is 0. The summed E-state index contributed by atoms with van der Waals surface area (Å²) in [5.74, 6) is 0.934. The normalized spacial score (nSPS) is 13.7. The van der Waals surface area contributed by atoms with Crippen LogP contribution in [0.15, 0.2) is 4.99 Å². The van der Waals surface area contributed by atoms with Crippen molar-refractivity contribution in [1.82, 2.24) is 15.5 Å². The highest BCUT2D eigenvalue weighted by Gasteiger charge is 2.13. The highest BCUT2D eigenvalue weighted by Crippen LogP contribution is 2.21. The van der Waals surface area contributed by atoms with Crippen LogP contribution in [0.3, 0.4) is 0 Å². The standard InChI is InChI=1S/C18H40N4.HI/c1-8-22(9-2)15-11-10-14-20-17(19-7)21-16(3)12-13-18(4,5)6;/h16H,8-15H2,1-7H3,(H2,19,20,21);1H. The van der Waals surface area contributed by atoms with Crippen LogP contribution in [0, 0.1) is 5.41 Å². The van der Waals surface area contributed by atoms with Crippen LogP contribution in [0.2, 0.25) is 0 Å². The van der Waals surface area contributed by atoms with Gasteiger partial charge in [-0.25, -0.2) is 0 Å². The lowest BCUT2D eigenvalue weighted by molar-refractivity contribution is 0.297. The van der Waals surface area contributed by atoms with Gasteiger partial charge in [0.2, 0.25) is 0 Å². The van der Waals surface area contributed by atoms with Gasteiger partial charge in [0.15, 0.2) is 5.96 Å². The molecule has 0 bridgehead atoms. The molecule has 140 valence electrons. The van der Waals surface area contributed by atoms with Gasteiger partial charge in [0, 0.05) is 19.6 Å². The molecule has 0 saturated carbocycles. The summed E-state index contributed by atoms with van der Waals surface area (Å²) in [5, 5.41) is 6.92. The van der Waals surface area contributed by atoms with Gasteiger partial charge in [-0.05, 0) is 57.7 Å². The van der Waals surface area contributed by atoms with E-state index >= 15 is 0 Å². The molecule has 0 radical (unpaired) electrons. The van der Waals surface area contributed by atoms with Crippen LogP contribution >= 0.6 is 24.0 Å². The lowest BCUT2D eigenvalue weighted by atomic mass is 9.89. The van der Waals surface area contributed by atoms with Gasteiger partial charge in [0.1, 0.15) is 0 Å². The van der Waals surface area contributed by atoms with Gasteiger partial charge in [0.25, 0.3) is 0 Å².